The first-order valence-corrected chi connectivity index (χ1v) is 22.2. The Hall–Kier alpha value is -8.20. The van der Waals surface area contributed by atoms with Gasteiger partial charge in [0, 0.05) is 34.4 Å². The van der Waals surface area contributed by atoms with E-state index >= 15 is 0 Å². The van der Waals surface area contributed by atoms with E-state index in [4.69, 9.17) is 0 Å². The summed E-state index contributed by atoms with van der Waals surface area (Å²) in [5.41, 5.74) is 16.8. The number of hydrogen-bond acceptors (Lipinski definition) is 2. The fourth-order valence-electron chi connectivity index (χ4n) is 10.1. The Morgan fingerprint density at radius 3 is 1.55 bits per heavy atom. The molecule has 2 heteroatoms. The van der Waals surface area contributed by atoms with Crippen molar-refractivity contribution in [3.63, 3.8) is 0 Å². The van der Waals surface area contributed by atoms with Gasteiger partial charge in [-0.05, 0) is 132 Å². The normalized spacial score (nSPS) is 15.0. The highest BCUT2D eigenvalue weighted by molar-refractivity contribution is 5.97. The van der Waals surface area contributed by atoms with Gasteiger partial charge in [0.2, 0.25) is 0 Å². The van der Waals surface area contributed by atoms with Crippen LogP contribution in [0.25, 0.3) is 66.1 Å². The molecule has 0 spiro atoms. The predicted molar refractivity (Wildman–Crippen MR) is 271 cm³/mol. The SMILES string of the molecule is C1=CC2c3cc4ccccc4cc3N(c3ccc(-c4ccccc4)c(-c4ccc(N(c5ccc(-c6ccccc6)cc5)c5ccc(-c6cccc7ccccc67)cc5)cc4)c3)C2C=C1. The van der Waals surface area contributed by atoms with Gasteiger partial charge in [0.15, 0.2) is 0 Å². The largest absolute Gasteiger partial charge is 0.333 e. The van der Waals surface area contributed by atoms with Crippen LogP contribution in [0.5, 0.6) is 0 Å². The zero-order chi connectivity index (χ0) is 42.4. The maximum absolute atomic E-state index is 2.56. The zero-order valence-electron chi connectivity index (χ0n) is 35.3. The second kappa shape index (κ2) is 15.9. The average Bonchev–Trinajstić information content (AvgIpc) is 3.69. The van der Waals surface area contributed by atoms with Crippen LogP contribution >= 0.6 is 0 Å². The van der Waals surface area contributed by atoms with E-state index in [2.05, 4.69) is 265 Å². The lowest BCUT2D eigenvalue weighted by molar-refractivity contribution is 0.745. The first-order chi connectivity index (χ1) is 31.7. The molecular weight excluding hydrogens is 773 g/mol. The first kappa shape index (κ1) is 37.6. The molecular formula is C62H44N2. The van der Waals surface area contributed by atoms with E-state index in [1.165, 1.54) is 83.0 Å². The summed E-state index contributed by atoms with van der Waals surface area (Å²) in [5.74, 6) is 0.287. The van der Waals surface area contributed by atoms with Gasteiger partial charge >= 0.3 is 0 Å². The van der Waals surface area contributed by atoms with Crippen LogP contribution in [0.1, 0.15) is 11.5 Å². The van der Waals surface area contributed by atoms with Crippen molar-refractivity contribution in [2.45, 2.75) is 12.0 Å². The smallest absolute Gasteiger partial charge is 0.0629 e. The summed E-state index contributed by atoms with van der Waals surface area (Å²) < 4.78 is 0. The third kappa shape index (κ3) is 6.68. The van der Waals surface area contributed by atoms with E-state index in [1.807, 2.05) is 0 Å². The highest BCUT2D eigenvalue weighted by atomic mass is 15.2. The molecule has 2 aliphatic rings. The standard InChI is InChI=1S/C62H44N2/c1-3-14-43(15-4-1)44-26-32-51(33-27-44)63(52-34-28-47(29-35-52)56-24-13-21-46-18-9-10-22-55(46)56)53-36-30-48(31-37-53)59-42-54(38-39-57(59)45-16-5-2-6-17-45)64-61-25-12-11-23-58(61)60-40-49-19-7-8-20-50(49)41-62(60)64/h1-42,58,61H. The molecule has 1 aliphatic carbocycles. The molecule has 0 saturated carbocycles. The molecule has 302 valence electrons. The number of rotatable bonds is 8. The van der Waals surface area contributed by atoms with Crippen molar-refractivity contribution in [1.82, 2.24) is 0 Å². The molecule has 0 aromatic heterocycles. The summed E-state index contributed by atoms with van der Waals surface area (Å²) in [5, 5.41) is 5.05. The molecule has 12 rings (SSSR count). The van der Waals surface area contributed by atoms with E-state index in [1.54, 1.807) is 0 Å². The van der Waals surface area contributed by atoms with Gasteiger partial charge in [0.1, 0.15) is 0 Å². The highest BCUT2D eigenvalue weighted by Gasteiger charge is 2.38. The van der Waals surface area contributed by atoms with E-state index in [0.717, 1.165) is 17.1 Å². The minimum absolute atomic E-state index is 0.198. The molecule has 2 nitrogen and oxygen atoms in total. The second-order valence-electron chi connectivity index (χ2n) is 16.9. The van der Waals surface area contributed by atoms with Crippen molar-refractivity contribution in [1.29, 1.82) is 0 Å². The van der Waals surface area contributed by atoms with Crippen molar-refractivity contribution in [3.05, 3.63) is 260 Å². The van der Waals surface area contributed by atoms with Crippen LogP contribution in [-0.4, -0.2) is 6.04 Å². The van der Waals surface area contributed by atoms with Crippen LogP contribution in [0.4, 0.5) is 28.4 Å². The van der Waals surface area contributed by atoms with Gasteiger partial charge in [0.25, 0.3) is 0 Å². The molecule has 0 radical (unpaired) electrons. The average molecular weight is 817 g/mol. The summed E-state index contributed by atoms with van der Waals surface area (Å²) in [6, 6.07) is 84.5. The fourth-order valence-corrected chi connectivity index (χ4v) is 10.1. The van der Waals surface area contributed by atoms with Crippen LogP contribution in [0, 0.1) is 0 Å². The Kier molecular flexibility index (Phi) is 9.34. The maximum Gasteiger partial charge on any atom is 0.0629 e. The molecule has 64 heavy (non-hydrogen) atoms. The summed E-state index contributed by atoms with van der Waals surface area (Å²) >= 11 is 0. The highest BCUT2D eigenvalue weighted by Crippen LogP contribution is 2.50. The van der Waals surface area contributed by atoms with Gasteiger partial charge < -0.3 is 9.80 Å². The van der Waals surface area contributed by atoms with Gasteiger partial charge in [0.05, 0.1) is 6.04 Å². The fraction of sp³-hybridized carbons (Fsp3) is 0.0323. The number of anilines is 5. The van der Waals surface area contributed by atoms with Gasteiger partial charge in [-0.1, -0.05) is 194 Å². The molecule has 0 saturated heterocycles. The van der Waals surface area contributed by atoms with Crippen LogP contribution in [0.2, 0.25) is 0 Å². The minimum Gasteiger partial charge on any atom is -0.333 e. The third-order valence-corrected chi connectivity index (χ3v) is 13.2. The molecule has 0 fully saturated rings. The van der Waals surface area contributed by atoms with E-state index in [-0.39, 0.29) is 12.0 Å². The van der Waals surface area contributed by atoms with Crippen molar-refractivity contribution in [2.75, 3.05) is 9.80 Å². The second-order valence-corrected chi connectivity index (χ2v) is 16.9. The molecule has 0 N–H and O–H groups in total. The molecule has 1 heterocycles. The lowest BCUT2D eigenvalue weighted by atomic mass is 9.90. The third-order valence-electron chi connectivity index (χ3n) is 13.2. The Bertz CT molecular complexity index is 3360. The zero-order valence-corrected chi connectivity index (χ0v) is 35.3. The molecule has 2 atom stereocenters. The summed E-state index contributed by atoms with van der Waals surface area (Å²) in [4.78, 5) is 4.93. The van der Waals surface area contributed by atoms with Crippen LogP contribution < -0.4 is 9.80 Å². The van der Waals surface area contributed by atoms with Crippen LogP contribution in [-0.2, 0) is 0 Å². The van der Waals surface area contributed by atoms with Crippen molar-refractivity contribution >= 4 is 50.0 Å². The van der Waals surface area contributed by atoms with Crippen molar-refractivity contribution < 1.29 is 0 Å². The Morgan fingerprint density at radius 2 is 0.859 bits per heavy atom. The number of allylic oxidation sites excluding steroid dienone is 2. The topological polar surface area (TPSA) is 6.48 Å². The molecule has 0 bridgehead atoms. The lowest BCUT2D eigenvalue weighted by Crippen LogP contribution is -2.28. The van der Waals surface area contributed by atoms with E-state index in [0.29, 0.717) is 0 Å². The van der Waals surface area contributed by atoms with Crippen LogP contribution in [0.3, 0.4) is 0 Å². The lowest BCUT2D eigenvalue weighted by Gasteiger charge is -2.30. The van der Waals surface area contributed by atoms with E-state index in [9.17, 15) is 0 Å². The summed E-state index contributed by atoms with van der Waals surface area (Å²) in [7, 11) is 0. The number of fused-ring (bicyclic) bond motifs is 5. The number of benzene rings is 10. The Balaban J connectivity index is 0.960. The first-order valence-electron chi connectivity index (χ1n) is 22.2. The minimum atomic E-state index is 0.198. The molecule has 0 amide bonds. The Morgan fingerprint density at radius 1 is 0.344 bits per heavy atom. The van der Waals surface area contributed by atoms with Gasteiger partial charge in [-0.2, -0.15) is 0 Å². The summed E-state index contributed by atoms with van der Waals surface area (Å²) in [6.45, 7) is 0. The molecule has 10 aromatic rings. The number of nitrogens with zero attached hydrogens (tertiary/aromatic N) is 2. The summed E-state index contributed by atoms with van der Waals surface area (Å²) in [6.07, 6.45) is 9.14. The Labute approximate surface area is 375 Å². The predicted octanol–water partition coefficient (Wildman–Crippen LogP) is 16.9. The quantitative estimate of drug-likeness (QED) is 0.151. The van der Waals surface area contributed by atoms with Crippen LogP contribution in [0.15, 0.2) is 255 Å². The molecule has 1 aliphatic heterocycles. The van der Waals surface area contributed by atoms with Gasteiger partial charge in [-0.3, -0.25) is 0 Å². The van der Waals surface area contributed by atoms with E-state index < -0.39 is 0 Å². The van der Waals surface area contributed by atoms with Gasteiger partial charge in [-0.15, -0.1) is 0 Å². The van der Waals surface area contributed by atoms with Gasteiger partial charge in [-0.25, -0.2) is 0 Å². The maximum atomic E-state index is 2.56. The molecule has 10 aromatic carbocycles. The van der Waals surface area contributed by atoms with Crippen molar-refractivity contribution in [3.8, 4) is 44.5 Å². The van der Waals surface area contributed by atoms with Crippen molar-refractivity contribution in [2.24, 2.45) is 0 Å². The number of hydrogen-bond donors (Lipinski definition) is 0. The monoisotopic (exact) mass is 816 g/mol. The molecule has 2 unspecified atom stereocenters.